The molecule has 1 aromatic heterocycles. The van der Waals surface area contributed by atoms with E-state index in [9.17, 15) is 9.18 Å². The number of nitrogens with zero attached hydrogens (tertiary/aromatic N) is 1. The number of fused-ring (bicyclic) bond motifs is 1. The van der Waals surface area contributed by atoms with E-state index < -0.39 is 0 Å². The normalized spacial score (nSPS) is 15.4. The Hall–Kier alpha value is -2.50. The molecule has 2 aromatic carbocycles. The van der Waals surface area contributed by atoms with E-state index in [4.69, 9.17) is 4.74 Å². The highest BCUT2D eigenvalue weighted by Crippen LogP contribution is 2.31. The smallest absolute Gasteiger partial charge is 0.166 e. The average Bonchev–Trinajstić information content (AvgIpc) is 3.07. The third-order valence-electron chi connectivity index (χ3n) is 4.88. The molecule has 134 valence electrons. The van der Waals surface area contributed by atoms with E-state index >= 15 is 0 Å². The number of ether oxygens (including phenoxy) is 1. The fourth-order valence-electron chi connectivity index (χ4n) is 3.47. The van der Waals surface area contributed by atoms with Gasteiger partial charge in [-0.15, -0.1) is 0 Å². The number of ketones is 1. The molecule has 1 fully saturated rings. The van der Waals surface area contributed by atoms with E-state index in [-0.39, 0.29) is 11.6 Å². The summed E-state index contributed by atoms with van der Waals surface area (Å²) in [6.07, 6.45) is 0.454. The van der Waals surface area contributed by atoms with Gasteiger partial charge in [-0.25, -0.2) is 4.39 Å². The lowest BCUT2D eigenvalue weighted by atomic mass is 10.00. The first-order valence-electron chi connectivity index (χ1n) is 8.92. The number of aromatic amines is 1. The molecule has 2 heterocycles. The molecule has 3 aromatic rings. The lowest BCUT2D eigenvalue weighted by Gasteiger charge is -2.26. The number of carbonyl (C=O) groups is 1. The average molecular weight is 352 g/mol. The van der Waals surface area contributed by atoms with Gasteiger partial charge in [0.1, 0.15) is 5.82 Å². The maximum absolute atomic E-state index is 13.3. The van der Waals surface area contributed by atoms with Crippen molar-refractivity contribution in [1.29, 1.82) is 0 Å². The number of hydrogen-bond donors (Lipinski definition) is 1. The third-order valence-corrected chi connectivity index (χ3v) is 4.88. The number of Topliss-reactive ketones (excluding diaryl/α,β-unsaturated/α-hetero) is 1. The fraction of sp³-hybridized carbons (Fsp3) is 0.286. The van der Waals surface area contributed by atoms with Gasteiger partial charge in [0.25, 0.3) is 0 Å². The van der Waals surface area contributed by atoms with Crippen molar-refractivity contribution in [2.45, 2.75) is 6.42 Å². The molecule has 0 saturated carbocycles. The molecule has 0 spiro atoms. The van der Waals surface area contributed by atoms with Crippen molar-refractivity contribution in [2.24, 2.45) is 0 Å². The molecule has 1 aliphatic heterocycles. The summed E-state index contributed by atoms with van der Waals surface area (Å²) in [6.45, 7) is 3.91. The van der Waals surface area contributed by atoms with Gasteiger partial charge >= 0.3 is 0 Å². The predicted octanol–water partition coefficient (Wildman–Crippen LogP) is 3.88. The van der Waals surface area contributed by atoms with Gasteiger partial charge in [0, 0.05) is 37.0 Å². The van der Waals surface area contributed by atoms with Gasteiger partial charge < -0.3 is 9.72 Å². The fourth-order valence-corrected chi connectivity index (χ4v) is 3.47. The maximum atomic E-state index is 13.3. The molecule has 0 aliphatic carbocycles. The minimum absolute atomic E-state index is 0.105. The van der Waals surface area contributed by atoms with Crippen LogP contribution in [-0.4, -0.2) is 48.5 Å². The Morgan fingerprint density at radius 2 is 1.81 bits per heavy atom. The standard InChI is InChI=1S/C21H21FN2O2/c22-16-7-5-15(6-8-16)21-20(17-3-1-2-4-18(17)23-21)19(25)9-10-24-11-13-26-14-12-24/h1-8,23H,9-14H2. The van der Waals surface area contributed by atoms with Crippen LogP contribution in [0, 0.1) is 5.82 Å². The molecule has 0 bridgehead atoms. The van der Waals surface area contributed by atoms with Gasteiger partial charge in [-0.3, -0.25) is 9.69 Å². The van der Waals surface area contributed by atoms with Crippen LogP contribution in [0.5, 0.6) is 0 Å². The van der Waals surface area contributed by atoms with Crippen LogP contribution in [0.15, 0.2) is 48.5 Å². The van der Waals surface area contributed by atoms with Gasteiger partial charge in [0.05, 0.1) is 24.5 Å². The van der Waals surface area contributed by atoms with Crippen molar-refractivity contribution in [3.8, 4) is 11.3 Å². The quantitative estimate of drug-likeness (QED) is 0.709. The molecule has 0 atom stereocenters. The zero-order chi connectivity index (χ0) is 17.9. The first-order chi connectivity index (χ1) is 12.7. The van der Waals surface area contributed by atoms with Gasteiger partial charge in [-0.2, -0.15) is 0 Å². The number of rotatable bonds is 5. The first-order valence-corrected chi connectivity index (χ1v) is 8.92. The maximum Gasteiger partial charge on any atom is 0.166 e. The van der Waals surface area contributed by atoms with Crippen LogP contribution in [0.25, 0.3) is 22.2 Å². The van der Waals surface area contributed by atoms with E-state index in [0.717, 1.165) is 55.0 Å². The number of halogens is 1. The highest BCUT2D eigenvalue weighted by atomic mass is 19.1. The second kappa shape index (κ2) is 7.40. The number of carbonyl (C=O) groups excluding carboxylic acids is 1. The van der Waals surface area contributed by atoms with Crippen molar-refractivity contribution >= 4 is 16.7 Å². The molecule has 26 heavy (non-hydrogen) atoms. The summed E-state index contributed by atoms with van der Waals surface area (Å²) >= 11 is 0. The highest BCUT2D eigenvalue weighted by molar-refractivity contribution is 6.13. The molecule has 0 amide bonds. The van der Waals surface area contributed by atoms with Gasteiger partial charge in [0.2, 0.25) is 0 Å². The first kappa shape index (κ1) is 16.9. The molecule has 4 nitrogen and oxygen atoms in total. The molecule has 5 heteroatoms. The van der Waals surface area contributed by atoms with Crippen molar-refractivity contribution in [3.05, 3.63) is 59.9 Å². The number of hydrogen-bond acceptors (Lipinski definition) is 3. The van der Waals surface area contributed by atoms with Gasteiger partial charge in [-0.05, 0) is 35.9 Å². The third kappa shape index (κ3) is 3.41. The highest BCUT2D eigenvalue weighted by Gasteiger charge is 2.20. The second-order valence-electron chi connectivity index (χ2n) is 6.55. The summed E-state index contributed by atoms with van der Waals surface area (Å²) < 4.78 is 18.7. The molecular formula is C21H21FN2O2. The summed E-state index contributed by atoms with van der Waals surface area (Å²) in [5, 5.41) is 0.916. The van der Waals surface area contributed by atoms with Crippen LogP contribution < -0.4 is 0 Å². The summed E-state index contributed by atoms with van der Waals surface area (Å²) in [6, 6.07) is 14.0. The Kier molecular flexibility index (Phi) is 4.82. The Morgan fingerprint density at radius 3 is 2.58 bits per heavy atom. The van der Waals surface area contributed by atoms with Crippen LogP contribution in [0.3, 0.4) is 0 Å². The van der Waals surface area contributed by atoms with E-state index in [2.05, 4.69) is 9.88 Å². The van der Waals surface area contributed by atoms with Crippen LogP contribution in [0.2, 0.25) is 0 Å². The summed E-state index contributed by atoms with van der Waals surface area (Å²) in [5.41, 5.74) is 3.19. The Morgan fingerprint density at radius 1 is 1.08 bits per heavy atom. The van der Waals surface area contributed by atoms with Crippen LogP contribution in [0.1, 0.15) is 16.8 Å². The predicted molar refractivity (Wildman–Crippen MR) is 99.9 cm³/mol. The molecule has 1 saturated heterocycles. The Labute approximate surface area is 151 Å². The minimum atomic E-state index is -0.287. The van der Waals surface area contributed by atoms with Gasteiger partial charge in [-0.1, -0.05) is 18.2 Å². The number of H-pyrrole nitrogens is 1. The van der Waals surface area contributed by atoms with E-state index in [0.29, 0.717) is 12.0 Å². The topological polar surface area (TPSA) is 45.3 Å². The number of nitrogens with one attached hydrogen (secondary N) is 1. The monoisotopic (exact) mass is 352 g/mol. The van der Waals surface area contributed by atoms with Crippen molar-refractivity contribution < 1.29 is 13.9 Å². The second-order valence-corrected chi connectivity index (χ2v) is 6.55. The Bertz CT molecular complexity index is 911. The SMILES string of the molecule is O=C(CCN1CCOCC1)c1c(-c2ccc(F)cc2)[nH]c2ccccc12. The molecule has 1 N–H and O–H groups in total. The molecule has 4 rings (SSSR count). The lowest BCUT2D eigenvalue weighted by molar-refractivity contribution is 0.0370. The number of para-hydroxylation sites is 1. The molecule has 0 radical (unpaired) electrons. The van der Waals surface area contributed by atoms with E-state index in [1.807, 2.05) is 24.3 Å². The summed E-state index contributed by atoms with van der Waals surface area (Å²) in [4.78, 5) is 18.7. The molecule has 1 aliphatic rings. The van der Waals surface area contributed by atoms with E-state index in [1.165, 1.54) is 12.1 Å². The zero-order valence-corrected chi connectivity index (χ0v) is 14.5. The van der Waals surface area contributed by atoms with E-state index in [1.54, 1.807) is 12.1 Å². The zero-order valence-electron chi connectivity index (χ0n) is 14.5. The Balaban J connectivity index is 1.66. The molecule has 0 unspecified atom stereocenters. The summed E-state index contributed by atoms with van der Waals surface area (Å²) in [7, 11) is 0. The van der Waals surface area contributed by atoms with Crippen molar-refractivity contribution in [1.82, 2.24) is 9.88 Å². The van der Waals surface area contributed by atoms with Crippen LogP contribution in [-0.2, 0) is 4.74 Å². The van der Waals surface area contributed by atoms with Crippen molar-refractivity contribution in [3.63, 3.8) is 0 Å². The minimum Gasteiger partial charge on any atom is -0.379 e. The number of morpholine rings is 1. The summed E-state index contributed by atoms with van der Waals surface area (Å²) in [5.74, 6) is -0.182. The molecular weight excluding hydrogens is 331 g/mol. The van der Waals surface area contributed by atoms with Crippen molar-refractivity contribution in [2.75, 3.05) is 32.8 Å². The van der Waals surface area contributed by atoms with Crippen LogP contribution >= 0.6 is 0 Å². The number of benzene rings is 2. The largest absolute Gasteiger partial charge is 0.379 e. The van der Waals surface area contributed by atoms with Crippen LogP contribution in [0.4, 0.5) is 4.39 Å². The number of aromatic nitrogens is 1. The van der Waals surface area contributed by atoms with Gasteiger partial charge in [0.15, 0.2) is 5.78 Å². The lowest BCUT2D eigenvalue weighted by Crippen LogP contribution is -2.37.